The number of aromatic nitrogens is 2. The number of rotatable bonds is 5. The Hall–Kier alpha value is -1.38. The fourth-order valence-electron chi connectivity index (χ4n) is 1.78. The number of hydrogen-bond donors (Lipinski definition) is 0. The van der Waals surface area contributed by atoms with Gasteiger partial charge in [-0.15, -0.1) is 11.3 Å². The highest BCUT2D eigenvalue weighted by Gasteiger charge is 2.14. The second-order valence-corrected chi connectivity index (χ2v) is 8.62. The van der Waals surface area contributed by atoms with Gasteiger partial charge in [0.05, 0.1) is 16.4 Å². The Morgan fingerprint density at radius 3 is 2.95 bits per heavy atom. The third-order valence-corrected chi connectivity index (χ3v) is 6.55. The maximum atomic E-state index is 11.9. The van der Waals surface area contributed by atoms with Gasteiger partial charge in [0.1, 0.15) is 9.86 Å². The maximum Gasteiger partial charge on any atom is 0.205 e. The van der Waals surface area contributed by atoms with Crippen LogP contribution >= 0.6 is 23.1 Å². The van der Waals surface area contributed by atoms with Crippen molar-refractivity contribution in [1.82, 2.24) is 9.97 Å². The number of oxazole rings is 1. The van der Waals surface area contributed by atoms with Gasteiger partial charge in [-0.25, -0.2) is 18.4 Å². The molecule has 0 bridgehead atoms. The molecule has 110 valence electrons. The van der Waals surface area contributed by atoms with Crippen molar-refractivity contribution in [2.24, 2.45) is 0 Å². The van der Waals surface area contributed by atoms with Crippen LogP contribution in [0.2, 0.25) is 0 Å². The van der Waals surface area contributed by atoms with Gasteiger partial charge < -0.3 is 4.42 Å². The first-order valence-electron chi connectivity index (χ1n) is 6.23. The zero-order chi connectivity index (χ0) is 14.9. The zero-order valence-corrected chi connectivity index (χ0v) is 13.6. The van der Waals surface area contributed by atoms with Gasteiger partial charge in [-0.3, -0.25) is 0 Å². The van der Waals surface area contributed by atoms with Crippen molar-refractivity contribution in [3.8, 4) is 0 Å². The van der Waals surface area contributed by atoms with E-state index in [-0.39, 0.29) is 10.6 Å². The van der Waals surface area contributed by atoms with Crippen LogP contribution in [-0.4, -0.2) is 24.1 Å². The molecule has 0 unspecified atom stereocenters. The summed E-state index contributed by atoms with van der Waals surface area (Å²) in [6.45, 7) is 1.62. The Balaban J connectivity index is 1.86. The molecule has 5 nitrogen and oxygen atoms in total. The van der Waals surface area contributed by atoms with E-state index in [0.29, 0.717) is 22.7 Å². The first-order valence-corrected chi connectivity index (χ1v) is 9.75. The quantitative estimate of drug-likeness (QED) is 0.663. The monoisotopic (exact) mass is 340 g/mol. The van der Waals surface area contributed by atoms with Crippen molar-refractivity contribution < 1.29 is 12.8 Å². The molecule has 1 aromatic carbocycles. The van der Waals surface area contributed by atoms with Crippen molar-refractivity contribution in [3.05, 3.63) is 35.7 Å². The lowest BCUT2D eigenvalue weighted by molar-refractivity contribution is 0.556. The Morgan fingerprint density at radius 2 is 2.24 bits per heavy atom. The van der Waals surface area contributed by atoms with E-state index in [4.69, 9.17) is 4.42 Å². The second kappa shape index (κ2) is 5.78. The molecule has 8 heteroatoms. The molecule has 2 aromatic heterocycles. The fraction of sp³-hybridized carbons (Fsp3) is 0.231. The van der Waals surface area contributed by atoms with Crippen LogP contribution in [0.15, 0.2) is 43.4 Å². The molecule has 0 aliphatic rings. The number of fused-ring (bicyclic) bond motifs is 1. The first kappa shape index (κ1) is 14.6. The van der Waals surface area contributed by atoms with Gasteiger partial charge in [0.25, 0.3) is 0 Å². The lowest BCUT2D eigenvalue weighted by Gasteiger charge is -1.99. The van der Waals surface area contributed by atoms with Gasteiger partial charge in [-0.2, -0.15) is 0 Å². The highest BCUT2D eigenvalue weighted by atomic mass is 32.2. The van der Waals surface area contributed by atoms with Gasteiger partial charge in [0.2, 0.25) is 5.89 Å². The van der Waals surface area contributed by atoms with Gasteiger partial charge in [-0.1, -0.05) is 18.7 Å². The van der Waals surface area contributed by atoms with E-state index in [9.17, 15) is 8.42 Å². The molecular formula is C13H12N2O3S3. The standard InChI is InChI=1S/C13H12N2O3S3/c1-2-21(16,17)9-3-4-11-10(7-9)15-12(18-11)8-20-13-14-5-6-19-13/h3-7H,2,8H2,1H3. The predicted molar refractivity (Wildman–Crippen MR) is 83.4 cm³/mol. The molecule has 3 rings (SSSR count). The fourth-order valence-corrected chi connectivity index (χ4v) is 4.16. The molecule has 21 heavy (non-hydrogen) atoms. The summed E-state index contributed by atoms with van der Waals surface area (Å²) in [4.78, 5) is 8.80. The van der Waals surface area contributed by atoms with Crippen LogP contribution in [0.5, 0.6) is 0 Å². The molecule has 0 aliphatic heterocycles. The number of sulfone groups is 1. The molecule has 0 amide bonds. The van der Waals surface area contributed by atoms with Crippen LogP contribution in [0.1, 0.15) is 12.8 Å². The molecule has 0 N–H and O–H groups in total. The van der Waals surface area contributed by atoms with E-state index in [1.165, 1.54) is 0 Å². The minimum absolute atomic E-state index is 0.0725. The molecule has 0 aliphatic carbocycles. The van der Waals surface area contributed by atoms with E-state index >= 15 is 0 Å². The summed E-state index contributed by atoms with van der Waals surface area (Å²) in [5.74, 6) is 1.21. The number of hydrogen-bond acceptors (Lipinski definition) is 7. The molecule has 0 fully saturated rings. The summed E-state index contributed by atoms with van der Waals surface area (Å²) in [7, 11) is -3.22. The molecule has 0 atom stereocenters. The van der Waals surface area contributed by atoms with E-state index < -0.39 is 9.84 Å². The van der Waals surface area contributed by atoms with Gasteiger partial charge in [0, 0.05) is 11.6 Å². The van der Waals surface area contributed by atoms with Crippen LogP contribution in [0, 0.1) is 0 Å². The highest BCUT2D eigenvalue weighted by Crippen LogP contribution is 2.27. The van der Waals surface area contributed by atoms with E-state index in [1.54, 1.807) is 54.4 Å². The van der Waals surface area contributed by atoms with Crippen LogP contribution in [0.4, 0.5) is 0 Å². The average Bonchev–Trinajstić information content (AvgIpc) is 3.13. The van der Waals surface area contributed by atoms with Gasteiger partial charge >= 0.3 is 0 Å². The largest absolute Gasteiger partial charge is 0.440 e. The van der Waals surface area contributed by atoms with E-state index in [2.05, 4.69) is 9.97 Å². The summed E-state index contributed by atoms with van der Waals surface area (Å²) in [5, 5.41) is 1.91. The molecule has 0 radical (unpaired) electrons. The van der Waals surface area contributed by atoms with Crippen LogP contribution in [0.25, 0.3) is 11.1 Å². The normalized spacial score (nSPS) is 12.0. The lowest BCUT2D eigenvalue weighted by Crippen LogP contribution is -2.03. The van der Waals surface area contributed by atoms with Gasteiger partial charge in [0.15, 0.2) is 15.4 Å². The number of nitrogens with zero attached hydrogens (tertiary/aromatic N) is 2. The average molecular weight is 340 g/mol. The van der Waals surface area contributed by atoms with E-state index in [0.717, 1.165) is 4.34 Å². The van der Waals surface area contributed by atoms with Crippen LogP contribution < -0.4 is 0 Å². The SMILES string of the molecule is CCS(=O)(=O)c1ccc2oc(CSc3nccs3)nc2c1. The van der Waals surface area contributed by atoms with Crippen molar-refractivity contribution in [2.75, 3.05) is 5.75 Å². The zero-order valence-electron chi connectivity index (χ0n) is 11.1. The van der Waals surface area contributed by atoms with Crippen molar-refractivity contribution >= 4 is 44.0 Å². The third-order valence-electron chi connectivity index (χ3n) is 2.87. The smallest absolute Gasteiger partial charge is 0.205 e. The van der Waals surface area contributed by atoms with E-state index in [1.807, 2.05) is 5.38 Å². The minimum atomic E-state index is -3.22. The maximum absolute atomic E-state index is 11.9. The number of benzene rings is 1. The first-order chi connectivity index (χ1) is 10.1. The molecule has 0 saturated heterocycles. The molecule has 2 heterocycles. The molecule has 3 aromatic rings. The topological polar surface area (TPSA) is 73.1 Å². The minimum Gasteiger partial charge on any atom is -0.440 e. The molecule has 0 spiro atoms. The summed E-state index contributed by atoms with van der Waals surface area (Å²) in [6, 6.07) is 4.78. The number of thioether (sulfide) groups is 1. The van der Waals surface area contributed by atoms with Crippen molar-refractivity contribution in [2.45, 2.75) is 21.9 Å². The Labute approximate surface area is 130 Å². The molecular weight excluding hydrogens is 328 g/mol. The number of thiazole rings is 1. The Morgan fingerprint density at radius 1 is 1.38 bits per heavy atom. The summed E-state index contributed by atoms with van der Waals surface area (Å²) in [6.07, 6.45) is 1.75. The van der Waals surface area contributed by atoms with Crippen LogP contribution in [0.3, 0.4) is 0 Å². The second-order valence-electron chi connectivity index (χ2n) is 4.23. The Bertz CT molecular complexity index is 854. The predicted octanol–water partition coefficient (Wildman–Crippen LogP) is 3.37. The molecule has 0 saturated carbocycles. The summed E-state index contributed by atoms with van der Waals surface area (Å²) in [5.41, 5.74) is 1.17. The lowest BCUT2D eigenvalue weighted by atomic mass is 10.3. The van der Waals surface area contributed by atoms with Crippen molar-refractivity contribution in [1.29, 1.82) is 0 Å². The Kier molecular flexibility index (Phi) is 4.01. The van der Waals surface area contributed by atoms with Crippen LogP contribution in [-0.2, 0) is 15.6 Å². The van der Waals surface area contributed by atoms with Crippen molar-refractivity contribution in [3.63, 3.8) is 0 Å². The third kappa shape index (κ3) is 3.12. The highest BCUT2D eigenvalue weighted by molar-refractivity contribution is 8.00. The van der Waals surface area contributed by atoms with Gasteiger partial charge in [-0.05, 0) is 18.2 Å². The summed E-state index contributed by atoms with van der Waals surface area (Å²) >= 11 is 3.10. The summed E-state index contributed by atoms with van der Waals surface area (Å²) < 4.78 is 30.3.